The van der Waals surface area contributed by atoms with Gasteiger partial charge in [0.25, 0.3) is 0 Å². The van der Waals surface area contributed by atoms with E-state index < -0.39 is 15.8 Å². The fourth-order valence-corrected chi connectivity index (χ4v) is 14.3. The molecule has 0 aliphatic heterocycles. The van der Waals surface area contributed by atoms with Crippen molar-refractivity contribution in [2.75, 3.05) is 0 Å². The van der Waals surface area contributed by atoms with E-state index in [4.69, 9.17) is 30.8 Å². The zero-order chi connectivity index (χ0) is 44.8. The maximum atomic E-state index is 6.15. The van der Waals surface area contributed by atoms with Crippen LogP contribution in [0.4, 0.5) is 0 Å². The summed E-state index contributed by atoms with van der Waals surface area (Å²) in [5.41, 5.74) is 23.6. The molecule has 2 aliphatic rings. The molecule has 0 unspecified atom stereocenters. The summed E-state index contributed by atoms with van der Waals surface area (Å²) in [6.45, 7) is 0. The number of halogens is 2. The Hall–Kier alpha value is -4.26. The molecule has 0 bridgehead atoms. The van der Waals surface area contributed by atoms with Crippen molar-refractivity contribution in [2.24, 2.45) is 11.5 Å². The number of rotatable bonds is 10. The summed E-state index contributed by atoms with van der Waals surface area (Å²) in [5.74, 6) is 0. The third-order valence-corrected chi connectivity index (χ3v) is 17.5. The number of nitrogens with two attached hydrogens (primary N) is 2. The summed E-state index contributed by atoms with van der Waals surface area (Å²) < 4.78 is 0. The minimum absolute atomic E-state index is 0.163. The third kappa shape index (κ3) is 11.8. The first-order valence-electron chi connectivity index (χ1n) is 22.6. The molecule has 0 heterocycles. The van der Waals surface area contributed by atoms with Crippen molar-refractivity contribution in [3.63, 3.8) is 0 Å². The van der Waals surface area contributed by atoms with Crippen molar-refractivity contribution >= 4 is 67.1 Å². The molecule has 65 heavy (non-hydrogen) atoms. The Kier molecular flexibility index (Phi) is 17.4. The third-order valence-electron chi connectivity index (χ3n) is 12.5. The zero-order valence-corrected chi connectivity index (χ0v) is 41.6. The van der Waals surface area contributed by atoms with Crippen LogP contribution < -0.4 is 43.3 Å². The molecule has 0 amide bonds. The van der Waals surface area contributed by atoms with Gasteiger partial charge in [-0.05, 0) is 156 Å². The van der Waals surface area contributed by atoms with Gasteiger partial charge in [0.15, 0.2) is 0 Å². The van der Waals surface area contributed by atoms with Gasteiger partial charge in [-0.15, -0.1) is 0 Å². The first kappa shape index (κ1) is 47.2. The van der Waals surface area contributed by atoms with Gasteiger partial charge >= 0.3 is 34.5 Å². The Bertz CT molecular complexity index is 2430. The molecule has 0 radical (unpaired) electrons. The van der Waals surface area contributed by atoms with Gasteiger partial charge in [-0.25, -0.2) is 0 Å². The summed E-state index contributed by atoms with van der Waals surface area (Å²) in [6.07, 6.45) is 9.90. The molecular formula is C58H56Cl2N2P2Ru. The zero-order valence-electron chi connectivity index (χ0n) is 36.6. The van der Waals surface area contributed by atoms with E-state index in [2.05, 4.69) is 146 Å². The number of benzene rings is 8. The van der Waals surface area contributed by atoms with Crippen LogP contribution in [-0.2, 0) is 40.8 Å². The minimum atomic E-state index is -0.750. The Morgan fingerprint density at radius 3 is 0.846 bits per heavy atom. The van der Waals surface area contributed by atoms with Gasteiger partial charge in [-0.2, -0.15) is 0 Å². The molecule has 0 saturated heterocycles. The molecule has 8 aromatic rings. The minimum Gasteiger partial charge on any atom is -0.0622 e. The summed E-state index contributed by atoms with van der Waals surface area (Å²) in [6, 6.07) is 75.4. The van der Waals surface area contributed by atoms with E-state index in [-0.39, 0.29) is 27.2 Å². The van der Waals surface area contributed by atoms with Crippen molar-refractivity contribution < 1.29 is 15.1 Å². The molecule has 2 aliphatic carbocycles. The van der Waals surface area contributed by atoms with Crippen molar-refractivity contribution in [1.82, 2.24) is 0 Å². The first-order valence-corrected chi connectivity index (χ1v) is 29.8. The Balaban J connectivity index is 0.000000253. The SMILES string of the molecule is N[C@@H](c1ccccc1)[C@@H](N)c1ccccc1.[Cl][Ru][Cl].c1ccc(P(c2ccccc2)c2cc3c(cc2-c2cc4c(cc2P(c2ccccc2)c2ccccc2)CCCC4)CCCC3)cc1. The number of hydrogen-bond donors (Lipinski definition) is 2. The van der Waals surface area contributed by atoms with Gasteiger partial charge in [-0.1, -0.05) is 194 Å². The molecule has 8 aromatic carbocycles. The van der Waals surface area contributed by atoms with Gasteiger partial charge in [0.05, 0.1) is 0 Å². The van der Waals surface area contributed by atoms with Gasteiger partial charge in [0.1, 0.15) is 0 Å². The second-order valence-electron chi connectivity index (χ2n) is 16.6. The predicted octanol–water partition coefficient (Wildman–Crippen LogP) is 12.4. The molecule has 0 spiro atoms. The first-order chi connectivity index (χ1) is 32.0. The van der Waals surface area contributed by atoms with Crippen LogP contribution in [-0.4, -0.2) is 0 Å². The quantitative estimate of drug-likeness (QED) is 0.106. The summed E-state index contributed by atoms with van der Waals surface area (Å²) in [5, 5.41) is 8.73. The van der Waals surface area contributed by atoms with Crippen LogP contribution in [0.25, 0.3) is 11.1 Å². The van der Waals surface area contributed by atoms with Crippen LogP contribution in [0.1, 0.15) is 71.1 Å². The Morgan fingerprint density at radius 2 is 0.585 bits per heavy atom. The maximum Gasteiger partial charge on any atom is -0.00694 e. The molecule has 330 valence electrons. The number of fused-ring (bicyclic) bond motifs is 2. The van der Waals surface area contributed by atoms with Crippen LogP contribution in [0.5, 0.6) is 0 Å². The predicted molar refractivity (Wildman–Crippen MR) is 281 cm³/mol. The van der Waals surface area contributed by atoms with Gasteiger partial charge in [-0.3, -0.25) is 0 Å². The molecule has 0 fully saturated rings. The fourth-order valence-electron chi connectivity index (χ4n) is 9.27. The van der Waals surface area contributed by atoms with Crippen LogP contribution in [0, 0.1) is 0 Å². The van der Waals surface area contributed by atoms with Crippen molar-refractivity contribution in [1.29, 1.82) is 0 Å². The molecule has 10 rings (SSSR count). The molecular weight excluding hydrogens is 959 g/mol. The average Bonchev–Trinajstić information content (AvgIpc) is 3.38. The van der Waals surface area contributed by atoms with E-state index in [0.29, 0.717) is 0 Å². The average molecular weight is 1020 g/mol. The van der Waals surface area contributed by atoms with E-state index in [0.717, 1.165) is 11.1 Å². The van der Waals surface area contributed by atoms with Crippen LogP contribution in [0.2, 0.25) is 0 Å². The number of hydrogen-bond acceptors (Lipinski definition) is 2. The second kappa shape index (κ2) is 24.0. The molecule has 0 aromatic heterocycles. The molecule has 2 atom stereocenters. The summed E-state index contributed by atoms with van der Waals surface area (Å²) in [7, 11) is 8.21. The molecule has 0 saturated carbocycles. The molecule has 7 heteroatoms. The van der Waals surface area contributed by atoms with Crippen LogP contribution in [0.3, 0.4) is 0 Å². The number of aryl methyl sites for hydroxylation is 4. The van der Waals surface area contributed by atoms with Gasteiger partial charge in [0.2, 0.25) is 0 Å². The van der Waals surface area contributed by atoms with Crippen LogP contribution in [0.15, 0.2) is 206 Å². The van der Waals surface area contributed by atoms with E-state index in [1.54, 1.807) is 22.3 Å². The molecule has 2 nitrogen and oxygen atoms in total. The Labute approximate surface area is 405 Å². The standard InChI is InChI=1S/C44H40P2.C14H16N2.2ClH.Ru/c1-5-21-37(22-6-1)45(38-23-7-2-8-24-38)43-31-35-19-15-13-17-33(35)29-41(43)42-30-34-18-14-16-20-36(34)32-44(42)46(39-25-9-3-10-26-39)40-27-11-4-12-28-40;15-13(11-7-3-1-4-8-11)14(16)12-9-5-2-6-10-12;;;/h1-12,21-32H,13-20H2;1-10,13-14H,15-16H2;2*1H;/q;;;;+2/p-2/t;13-,14-;;;/m.0.../s1. The van der Waals surface area contributed by atoms with Gasteiger partial charge in [0, 0.05) is 12.1 Å². The van der Waals surface area contributed by atoms with E-state index in [1.165, 1.54) is 94.3 Å². The monoisotopic (exact) mass is 1010 g/mol. The largest absolute Gasteiger partial charge is 0.0622 e. The second-order valence-corrected chi connectivity index (χ2v) is 23.6. The maximum absolute atomic E-state index is 6.15. The van der Waals surface area contributed by atoms with E-state index in [9.17, 15) is 0 Å². The van der Waals surface area contributed by atoms with E-state index in [1.807, 2.05) is 60.7 Å². The normalized spacial score (nSPS) is 13.9. The van der Waals surface area contributed by atoms with E-state index >= 15 is 0 Å². The smallest absolute Gasteiger partial charge is 0.00694 e. The summed E-state index contributed by atoms with van der Waals surface area (Å²) in [4.78, 5) is 0. The topological polar surface area (TPSA) is 52.0 Å². The summed E-state index contributed by atoms with van der Waals surface area (Å²) >= 11 is -0.346. The van der Waals surface area contributed by atoms with Crippen molar-refractivity contribution in [3.8, 4) is 11.1 Å². The van der Waals surface area contributed by atoms with Crippen molar-refractivity contribution in [2.45, 2.75) is 63.5 Å². The van der Waals surface area contributed by atoms with Gasteiger partial charge < -0.3 is 11.5 Å². The fraction of sp³-hybridized carbons (Fsp3) is 0.172. The molecule has 4 N–H and O–H groups in total. The van der Waals surface area contributed by atoms with Crippen LogP contribution >= 0.6 is 35.2 Å². The van der Waals surface area contributed by atoms with Crippen molar-refractivity contribution in [3.05, 3.63) is 240 Å². The Morgan fingerprint density at radius 1 is 0.354 bits per heavy atom.